The van der Waals surface area contributed by atoms with E-state index in [9.17, 15) is 0 Å². The summed E-state index contributed by atoms with van der Waals surface area (Å²) in [5, 5.41) is 2.20. The largest absolute Gasteiger partial charge is 0.495 e. The molecule has 2 heterocycles. The van der Waals surface area contributed by atoms with E-state index >= 15 is 0 Å². The van der Waals surface area contributed by atoms with Crippen LogP contribution in [0.3, 0.4) is 0 Å². The molecule has 0 spiro atoms. The van der Waals surface area contributed by atoms with Gasteiger partial charge in [0.25, 0.3) is 0 Å². The number of rotatable bonds is 3. The van der Waals surface area contributed by atoms with Crippen molar-refractivity contribution in [3.8, 4) is 17.0 Å². The standard InChI is InChI=1S/C23H27N3OS/c1-27-20-8-15(5-6-18(20)24)19-13-28-22-25-21(12-26(19)22)23-9-14-3-2-4-16(10-23)17(7-14)11-23/h5-6,8,12-14,16-17H,2-4,7,9-11,24H2,1H3. The minimum absolute atomic E-state index is 0.334. The van der Waals surface area contributed by atoms with Gasteiger partial charge < -0.3 is 10.5 Å². The number of nitrogens with zero attached hydrogens (tertiary/aromatic N) is 2. The number of methoxy groups -OCH3 is 1. The first-order valence-electron chi connectivity index (χ1n) is 10.6. The van der Waals surface area contributed by atoms with E-state index in [0.29, 0.717) is 11.1 Å². The molecule has 5 heteroatoms. The summed E-state index contributed by atoms with van der Waals surface area (Å²) in [5.74, 6) is 3.54. The first-order chi connectivity index (χ1) is 13.6. The second kappa shape index (κ2) is 5.99. The highest BCUT2D eigenvalue weighted by molar-refractivity contribution is 7.15. The fourth-order valence-electron chi connectivity index (χ4n) is 6.58. The molecule has 0 saturated heterocycles. The van der Waals surface area contributed by atoms with Crippen molar-refractivity contribution >= 4 is 22.0 Å². The first kappa shape index (κ1) is 16.9. The van der Waals surface area contributed by atoms with Crippen LogP contribution in [0.15, 0.2) is 29.8 Å². The Morgan fingerprint density at radius 3 is 3.00 bits per heavy atom. The normalized spacial score (nSPS) is 31.4. The molecule has 2 N–H and O–H groups in total. The van der Waals surface area contributed by atoms with Crippen molar-refractivity contribution in [1.29, 1.82) is 0 Å². The monoisotopic (exact) mass is 393 g/mol. The van der Waals surface area contributed by atoms with Crippen molar-refractivity contribution in [2.75, 3.05) is 12.8 Å². The van der Waals surface area contributed by atoms with Crippen LogP contribution in [-0.2, 0) is 5.41 Å². The van der Waals surface area contributed by atoms with Gasteiger partial charge in [-0.15, -0.1) is 11.3 Å². The zero-order chi connectivity index (χ0) is 18.9. The van der Waals surface area contributed by atoms with E-state index in [4.69, 9.17) is 15.5 Å². The van der Waals surface area contributed by atoms with Crippen molar-refractivity contribution in [1.82, 2.24) is 9.38 Å². The SMILES string of the molecule is COc1cc(-c2csc3nc(C45CC6CCCC(C4)C(C6)C5)cn23)ccc1N. The Kier molecular flexibility index (Phi) is 3.62. The average Bonchev–Trinajstić information content (AvgIpc) is 3.31. The molecule has 28 heavy (non-hydrogen) atoms. The van der Waals surface area contributed by atoms with E-state index in [-0.39, 0.29) is 0 Å². The van der Waals surface area contributed by atoms with Crippen molar-refractivity contribution in [2.45, 2.75) is 50.4 Å². The van der Waals surface area contributed by atoms with E-state index in [0.717, 1.165) is 34.0 Å². The molecular weight excluding hydrogens is 366 g/mol. The average molecular weight is 394 g/mol. The summed E-state index contributed by atoms with van der Waals surface area (Å²) in [7, 11) is 1.67. The molecular formula is C23H27N3OS. The van der Waals surface area contributed by atoms with Crippen LogP contribution in [0.5, 0.6) is 5.75 Å². The summed E-state index contributed by atoms with van der Waals surface area (Å²) >= 11 is 1.74. The van der Waals surface area contributed by atoms with E-state index in [1.807, 2.05) is 12.1 Å². The molecule has 3 bridgehead atoms. The molecule has 4 nitrogen and oxygen atoms in total. The van der Waals surface area contributed by atoms with Gasteiger partial charge in [-0.25, -0.2) is 4.98 Å². The molecule has 146 valence electrons. The number of nitrogen functional groups attached to an aromatic ring is 1. The Morgan fingerprint density at radius 1 is 1.21 bits per heavy atom. The molecule has 4 atom stereocenters. The maximum Gasteiger partial charge on any atom is 0.194 e. The van der Waals surface area contributed by atoms with Crippen LogP contribution in [0.2, 0.25) is 0 Å². The minimum atomic E-state index is 0.334. The lowest BCUT2D eigenvalue weighted by molar-refractivity contribution is 0.215. The molecule has 2 aromatic heterocycles. The molecule has 1 aromatic carbocycles. The third-order valence-electron chi connectivity index (χ3n) is 7.76. The second-order valence-electron chi connectivity index (χ2n) is 9.30. The summed E-state index contributed by atoms with van der Waals surface area (Å²) in [4.78, 5) is 6.27. The fourth-order valence-corrected chi connectivity index (χ4v) is 7.47. The first-order valence-corrected chi connectivity index (χ1v) is 11.4. The van der Waals surface area contributed by atoms with Crippen LogP contribution in [0, 0.1) is 17.8 Å². The number of ether oxygens (including phenoxy) is 1. The molecule has 0 amide bonds. The lowest BCUT2D eigenvalue weighted by atomic mass is 9.68. The molecule has 6 rings (SSSR count). The topological polar surface area (TPSA) is 52.5 Å². The van der Waals surface area contributed by atoms with Crippen molar-refractivity contribution in [3.05, 3.63) is 35.5 Å². The number of benzene rings is 1. The highest BCUT2D eigenvalue weighted by atomic mass is 32.1. The van der Waals surface area contributed by atoms with Crippen LogP contribution in [0.25, 0.3) is 16.2 Å². The van der Waals surface area contributed by atoms with Crippen molar-refractivity contribution in [3.63, 3.8) is 0 Å². The Hall–Kier alpha value is -2.01. The third kappa shape index (κ3) is 2.38. The predicted octanol–water partition coefficient (Wildman–Crippen LogP) is 5.51. The van der Waals surface area contributed by atoms with Gasteiger partial charge in [-0.05, 0) is 55.6 Å². The van der Waals surface area contributed by atoms with E-state index in [1.54, 1.807) is 18.4 Å². The smallest absolute Gasteiger partial charge is 0.194 e. The van der Waals surface area contributed by atoms with Gasteiger partial charge in [-0.2, -0.15) is 0 Å². The molecule has 0 radical (unpaired) electrons. The summed E-state index contributed by atoms with van der Waals surface area (Å²) in [6.45, 7) is 0. The summed E-state index contributed by atoms with van der Waals surface area (Å²) < 4.78 is 7.72. The number of nitrogens with two attached hydrogens (primary N) is 1. The fraction of sp³-hybridized carbons (Fsp3) is 0.522. The van der Waals surface area contributed by atoms with Crippen LogP contribution < -0.4 is 10.5 Å². The van der Waals surface area contributed by atoms with Gasteiger partial charge in [-0.1, -0.05) is 25.3 Å². The van der Waals surface area contributed by atoms with Gasteiger partial charge in [0, 0.05) is 22.6 Å². The van der Waals surface area contributed by atoms with Crippen LogP contribution in [-0.4, -0.2) is 16.5 Å². The van der Waals surface area contributed by atoms with Gasteiger partial charge in [0.2, 0.25) is 0 Å². The van der Waals surface area contributed by atoms with Gasteiger partial charge in [0.05, 0.1) is 24.2 Å². The summed E-state index contributed by atoms with van der Waals surface area (Å²) in [6, 6.07) is 6.04. The minimum Gasteiger partial charge on any atom is -0.495 e. The summed E-state index contributed by atoms with van der Waals surface area (Å²) in [6.07, 6.45) is 12.2. The highest BCUT2D eigenvalue weighted by Gasteiger charge is 2.53. The lowest BCUT2D eigenvalue weighted by Gasteiger charge is -2.36. The Bertz CT molecular complexity index is 1050. The number of imidazole rings is 1. The highest BCUT2D eigenvalue weighted by Crippen LogP contribution is 2.60. The second-order valence-corrected chi connectivity index (χ2v) is 10.1. The molecule has 3 aromatic rings. The Labute approximate surface area is 169 Å². The van der Waals surface area contributed by atoms with Gasteiger partial charge in [-0.3, -0.25) is 4.40 Å². The molecule has 3 aliphatic rings. The lowest BCUT2D eigenvalue weighted by Crippen LogP contribution is -2.31. The van der Waals surface area contributed by atoms with E-state index < -0.39 is 0 Å². The third-order valence-corrected chi connectivity index (χ3v) is 8.60. The summed E-state index contributed by atoms with van der Waals surface area (Å²) in [5.41, 5.74) is 10.7. The van der Waals surface area contributed by atoms with Crippen molar-refractivity contribution < 1.29 is 4.74 Å². The molecule has 3 fully saturated rings. The van der Waals surface area contributed by atoms with Gasteiger partial charge in [0.15, 0.2) is 4.96 Å². The number of hydrogen-bond acceptors (Lipinski definition) is 4. The molecule has 3 saturated carbocycles. The number of hydrogen-bond donors (Lipinski definition) is 1. The number of aromatic nitrogens is 2. The number of fused-ring (bicyclic) bond motifs is 3. The molecule has 0 aliphatic heterocycles. The van der Waals surface area contributed by atoms with E-state index in [1.165, 1.54) is 56.3 Å². The Balaban J connectivity index is 1.42. The zero-order valence-electron chi connectivity index (χ0n) is 16.4. The maximum atomic E-state index is 6.01. The van der Waals surface area contributed by atoms with E-state index in [2.05, 4.69) is 22.0 Å². The number of anilines is 1. The quantitative estimate of drug-likeness (QED) is 0.597. The predicted molar refractivity (Wildman–Crippen MR) is 114 cm³/mol. The van der Waals surface area contributed by atoms with Crippen LogP contribution in [0.4, 0.5) is 5.69 Å². The zero-order valence-corrected chi connectivity index (χ0v) is 17.2. The van der Waals surface area contributed by atoms with Crippen molar-refractivity contribution in [2.24, 2.45) is 17.8 Å². The van der Waals surface area contributed by atoms with Gasteiger partial charge in [0.1, 0.15) is 5.75 Å². The van der Waals surface area contributed by atoms with Crippen LogP contribution >= 0.6 is 11.3 Å². The Morgan fingerprint density at radius 2 is 2.11 bits per heavy atom. The van der Waals surface area contributed by atoms with Gasteiger partial charge >= 0.3 is 0 Å². The number of thiazole rings is 1. The van der Waals surface area contributed by atoms with Crippen LogP contribution in [0.1, 0.15) is 50.6 Å². The molecule has 3 aliphatic carbocycles. The molecule has 4 unspecified atom stereocenters. The maximum absolute atomic E-state index is 6.01.